The van der Waals surface area contributed by atoms with Crippen LogP contribution >= 0.6 is 11.6 Å². The molecule has 33 heavy (non-hydrogen) atoms. The fourth-order valence-corrected chi connectivity index (χ4v) is 5.51. The molecule has 0 fully saturated rings. The van der Waals surface area contributed by atoms with Gasteiger partial charge in [0.25, 0.3) is 10.0 Å². The lowest BCUT2D eigenvalue weighted by molar-refractivity contribution is 0.0473. The molecule has 1 heterocycles. The van der Waals surface area contributed by atoms with E-state index in [9.17, 15) is 26.8 Å². The number of benzene rings is 3. The van der Waals surface area contributed by atoms with E-state index < -0.39 is 45.6 Å². The zero-order chi connectivity index (χ0) is 23.8. The maximum absolute atomic E-state index is 13.7. The Morgan fingerprint density at radius 1 is 1.03 bits per heavy atom. The summed E-state index contributed by atoms with van der Waals surface area (Å²) in [7, 11) is -4.09. The Morgan fingerprint density at radius 2 is 1.79 bits per heavy atom. The van der Waals surface area contributed by atoms with Crippen molar-refractivity contribution in [3.8, 4) is 0 Å². The highest BCUT2D eigenvalue weighted by Gasteiger charge is 2.32. The second-order valence-electron chi connectivity index (χ2n) is 7.22. The first kappa shape index (κ1) is 22.9. The third-order valence-electron chi connectivity index (χ3n) is 5.14. The largest absolute Gasteiger partial charge is 0.454 e. The third-order valence-corrected chi connectivity index (χ3v) is 7.44. The van der Waals surface area contributed by atoms with Crippen molar-refractivity contribution in [2.75, 3.05) is 17.5 Å². The first-order valence-corrected chi connectivity index (χ1v) is 11.6. The second kappa shape index (κ2) is 8.92. The van der Waals surface area contributed by atoms with Crippen LogP contribution in [0.2, 0.25) is 5.02 Å². The van der Waals surface area contributed by atoms with E-state index in [0.717, 1.165) is 23.8 Å². The molecule has 0 saturated heterocycles. The molecule has 0 saturated carbocycles. The van der Waals surface area contributed by atoms with E-state index >= 15 is 0 Å². The molecule has 0 N–H and O–H groups in total. The maximum atomic E-state index is 13.7. The van der Waals surface area contributed by atoms with Gasteiger partial charge in [-0.2, -0.15) is 0 Å². The van der Waals surface area contributed by atoms with Crippen LogP contribution in [0.15, 0.2) is 65.6 Å². The molecular formula is C23H16ClF2NO5S. The number of esters is 1. The van der Waals surface area contributed by atoms with E-state index in [1.807, 2.05) is 12.1 Å². The van der Waals surface area contributed by atoms with Crippen molar-refractivity contribution in [1.82, 2.24) is 0 Å². The third kappa shape index (κ3) is 4.46. The number of para-hydroxylation sites is 1. The molecule has 0 radical (unpaired) electrons. The number of anilines is 1. The molecule has 0 aromatic heterocycles. The first-order chi connectivity index (χ1) is 15.7. The molecule has 0 aliphatic carbocycles. The van der Waals surface area contributed by atoms with Gasteiger partial charge >= 0.3 is 5.97 Å². The minimum Gasteiger partial charge on any atom is -0.454 e. The number of Topliss-reactive ketones (excluding diaryl/α,β-unsaturated/α-hetero) is 1. The van der Waals surface area contributed by atoms with Crippen molar-refractivity contribution in [2.24, 2.45) is 0 Å². The monoisotopic (exact) mass is 491 g/mol. The summed E-state index contributed by atoms with van der Waals surface area (Å²) in [4.78, 5) is 24.3. The fraction of sp³-hybridized carbons (Fsp3) is 0.130. The van der Waals surface area contributed by atoms with E-state index in [-0.39, 0.29) is 22.0 Å². The van der Waals surface area contributed by atoms with Crippen molar-refractivity contribution in [2.45, 2.75) is 11.3 Å². The van der Waals surface area contributed by atoms with Gasteiger partial charge < -0.3 is 4.74 Å². The van der Waals surface area contributed by atoms with Gasteiger partial charge in [0.1, 0.15) is 16.5 Å². The van der Waals surface area contributed by atoms with Crippen molar-refractivity contribution in [1.29, 1.82) is 0 Å². The SMILES string of the molecule is O=C(OCC(=O)c1cc(F)ccc1F)c1ccc(Cl)c(S(=O)(=O)N2CCc3ccccc32)c1. The lowest BCUT2D eigenvalue weighted by Gasteiger charge is -2.20. The molecule has 0 amide bonds. The van der Waals surface area contributed by atoms with Crippen LogP contribution in [-0.2, 0) is 21.2 Å². The van der Waals surface area contributed by atoms with Gasteiger partial charge in [0.2, 0.25) is 5.78 Å². The molecule has 3 aromatic carbocycles. The number of sulfonamides is 1. The number of fused-ring (bicyclic) bond motifs is 1. The average Bonchev–Trinajstić information content (AvgIpc) is 3.24. The first-order valence-electron chi connectivity index (χ1n) is 9.74. The van der Waals surface area contributed by atoms with E-state index in [4.69, 9.17) is 16.3 Å². The zero-order valence-electron chi connectivity index (χ0n) is 16.9. The van der Waals surface area contributed by atoms with Gasteiger partial charge in [0, 0.05) is 6.54 Å². The standard InChI is InChI=1S/C23H16ClF2NO5S/c24-18-7-5-15(23(29)32-13-21(28)17-12-16(25)6-8-19(17)26)11-22(18)33(30,31)27-10-9-14-3-1-2-4-20(14)27/h1-8,11-12H,9-10,13H2. The molecule has 4 rings (SSSR count). The summed E-state index contributed by atoms with van der Waals surface area (Å²) in [6, 6.07) is 12.9. The Morgan fingerprint density at radius 3 is 2.58 bits per heavy atom. The molecule has 170 valence electrons. The van der Waals surface area contributed by atoms with Crippen molar-refractivity contribution < 1.29 is 31.5 Å². The highest BCUT2D eigenvalue weighted by molar-refractivity contribution is 7.93. The van der Waals surface area contributed by atoms with Gasteiger partial charge in [-0.3, -0.25) is 9.10 Å². The Labute approximate surface area is 193 Å². The Balaban J connectivity index is 1.55. The summed E-state index contributed by atoms with van der Waals surface area (Å²) in [5, 5.41) is -0.0890. The molecule has 0 atom stereocenters. The molecule has 1 aliphatic heterocycles. The van der Waals surface area contributed by atoms with E-state index in [1.54, 1.807) is 12.1 Å². The minimum atomic E-state index is -4.09. The number of carbonyl (C=O) groups excluding carboxylic acids is 2. The van der Waals surface area contributed by atoms with Gasteiger partial charge in [0.05, 0.1) is 21.8 Å². The van der Waals surface area contributed by atoms with Gasteiger partial charge in [0.15, 0.2) is 6.61 Å². The molecule has 0 bridgehead atoms. The lowest BCUT2D eigenvalue weighted by atomic mass is 10.1. The molecule has 0 unspecified atom stereocenters. The number of nitrogens with zero attached hydrogens (tertiary/aromatic N) is 1. The van der Waals surface area contributed by atoms with Crippen LogP contribution in [-0.4, -0.2) is 33.3 Å². The molecular weight excluding hydrogens is 476 g/mol. The molecule has 0 spiro atoms. The zero-order valence-corrected chi connectivity index (χ0v) is 18.5. The van der Waals surface area contributed by atoms with Crippen LogP contribution in [0.3, 0.4) is 0 Å². The summed E-state index contributed by atoms with van der Waals surface area (Å²) < 4.78 is 59.7. The van der Waals surface area contributed by atoms with E-state index in [1.165, 1.54) is 16.4 Å². The van der Waals surface area contributed by atoms with E-state index in [2.05, 4.69) is 0 Å². The number of ether oxygens (including phenoxy) is 1. The van der Waals surface area contributed by atoms with Gasteiger partial charge in [-0.05, 0) is 54.4 Å². The number of ketones is 1. The molecule has 1 aliphatic rings. The van der Waals surface area contributed by atoms with Crippen LogP contribution in [0, 0.1) is 11.6 Å². The minimum absolute atomic E-state index is 0.0890. The summed E-state index contributed by atoms with van der Waals surface area (Å²) >= 11 is 6.14. The topological polar surface area (TPSA) is 80.8 Å². The highest BCUT2D eigenvalue weighted by Crippen LogP contribution is 2.35. The lowest BCUT2D eigenvalue weighted by Crippen LogP contribution is -2.29. The number of hydrogen-bond donors (Lipinski definition) is 0. The number of hydrogen-bond acceptors (Lipinski definition) is 5. The average molecular weight is 492 g/mol. The summed E-state index contributed by atoms with van der Waals surface area (Å²) in [5.74, 6) is -3.74. The Bertz CT molecular complexity index is 1380. The smallest absolute Gasteiger partial charge is 0.338 e. The predicted octanol–water partition coefficient (Wildman–Crippen LogP) is 4.41. The van der Waals surface area contributed by atoms with Crippen molar-refractivity contribution >= 4 is 39.1 Å². The number of rotatable bonds is 6. The number of carbonyl (C=O) groups is 2. The van der Waals surface area contributed by atoms with Crippen molar-refractivity contribution in [3.05, 3.63) is 94.0 Å². The van der Waals surface area contributed by atoms with Crippen molar-refractivity contribution in [3.63, 3.8) is 0 Å². The van der Waals surface area contributed by atoms with Gasteiger partial charge in [-0.25, -0.2) is 22.0 Å². The Hall–Kier alpha value is -3.30. The quantitative estimate of drug-likeness (QED) is 0.377. The van der Waals surface area contributed by atoms with Gasteiger partial charge in [-0.15, -0.1) is 0 Å². The Kier molecular flexibility index (Phi) is 6.18. The molecule has 6 nitrogen and oxygen atoms in total. The van der Waals surface area contributed by atoms with E-state index in [0.29, 0.717) is 18.2 Å². The summed E-state index contributed by atoms with van der Waals surface area (Å²) in [5.41, 5.74) is 0.674. The number of halogens is 3. The van der Waals surface area contributed by atoms with Crippen LogP contribution < -0.4 is 4.31 Å². The van der Waals surface area contributed by atoms with Crippen LogP contribution in [0.4, 0.5) is 14.5 Å². The molecule has 3 aromatic rings. The van der Waals surface area contributed by atoms with Gasteiger partial charge in [-0.1, -0.05) is 29.8 Å². The summed E-state index contributed by atoms with van der Waals surface area (Å²) in [6.07, 6.45) is 0.535. The van der Waals surface area contributed by atoms with Crippen LogP contribution in [0.5, 0.6) is 0 Å². The fourth-order valence-electron chi connectivity index (χ4n) is 3.51. The molecule has 10 heteroatoms. The second-order valence-corrected chi connectivity index (χ2v) is 9.46. The van der Waals surface area contributed by atoms with Crippen LogP contribution in [0.1, 0.15) is 26.3 Å². The normalized spacial score (nSPS) is 13.0. The summed E-state index contributed by atoms with van der Waals surface area (Å²) in [6.45, 7) is -0.635. The highest BCUT2D eigenvalue weighted by atomic mass is 35.5. The predicted molar refractivity (Wildman–Crippen MR) is 117 cm³/mol. The van der Waals surface area contributed by atoms with Crippen LogP contribution in [0.25, 0.3) is 0 Å². The maximum Gasteiger partial charge on any atom is 0.338 e.